The van der Waals surface area contributed by atoms with Crippen LogP contribution in [0.4, 0.5) is 0 Å². The Balaban J connectivity index is 3.96. The van der Waals surface area contributed by atoms with Crippen molar-refractivity contribution in [3.05, 3.63) is 0 Å². The van der Waals surface area contributed by atoms with Gasteiger partial charge < -0.3 is 20.3 Å². The van der Waals surface area contributed by atoms with Gasteiger partial charge in [0, 0.05) is 0 Å². The van der Waals surface area contributed by atoms with Crippen LogP contribution in [0.3, 0.4) is 0 Å². The molecule has 0 saturated carbocycles. The van der Waals surface area contributed by atoms with Crippen molar-refractivity contribution in [2.24, 2.45) is 5.73 Å². The van der Waals surface area contributed by atoms with E-state index in [9.17, 15) is 14.4 Å². The van der Waals surface area contributed by atoms with Gasteiger partial charge in [-0.15, -0.1) is 0 Å². The van der Waals surface area contributed by atoms with Crippen LogP contribution in [0.2, 0.25) is 0 Å². The monoisotopic (exact) mass is 233 g/mol. The Bertz CT molecular complexity index is 277. The number of hydrogen-bond acceptors (Lipinski definition) is 6. The van der Waals surface area contributed by atoms with Crippen LogP contribution >= 0.6 is 0 Å². The summed E-state index contributed by atoms with van der Waals surface area (Å²) in [6, 6.07) is -1.28. The van der Waals surface area contributed by atoms with E-state index in [1.54, 1.807) is 0 Å². The average Bonchev–Trinajstić information content (AvgIpc) is 2.24. The van der Waals surface area contributed by atoms with Crippen LogP contribution in [-0.2, 0) is 23.9 Å². The zero-order valence-electron chi connectivity index (χ0n) is 9.13. The molecule has 0 saturated heterocycles. The van der Waals surface area contributed by atoms with E-state index in [0.717, 1.165) is 0 Å². The SMILES string of the molecule is COC(=O)CCC(=O)O[C@H](C)[C@H](N)C(=O)O. The highest BCUT2D eigenvalue weighted by Gasteiger charge is 2.23. The first-order valence-electron chi connectivity index (χ1n) is 4.63. The summed E-state index contributed by atoms with van der Waals surface area (Å²) in [5.74, 6) is -2.48. The normalized spacial score (nSPS) is 13.7. The van der Waals surface area contributed by atoms with Gasteiger partial charge in [0.2, 0.25) is 0 Å². The molecule has 3 N–H and O–H groups in total. The smallest absolute Gasteiger partial charge is 0.324 e. The summed E-state index contributed by atoms with van der Waals surface area (Å²) >= 11 is 0. The van der Waals surface area contributed by atoms with Gasteiger partial charge in [-0.3, -0.25) is 14.4 Å². The molecule has 0 aliphatic rings. The first-order valence-corrected chi connectivity index (χ1v) is 4.63. The number of hydrogen-bond donors (Lipinski definition) is 2. The Morgan fingerprint density at radius 1 is 1.25 bits per heavy atom. The number of ether oxygens (including phenoxy) is 2. The molecule has 0 rings (SSSR count). The first-order chi connectivity index (χ1) is 7.38. The van der Waals surface area contributed by atoms with Crippen LogP contribution in [-0.4, -0.2) is 42.3 Å². The predicted molar refractivity (Wildman–Crippen MR) is 52.4 cm³/mol. The summed E-state index contributed by atoms with van der Waals surface area (Å²) in [4.78, 5) is 32.3. The molecule has 7 heteroatoms. The van der Waals surface area contributed by atoms with E-state index in [0.29, 0.717) is 0 Å². The van der Waals surface area contributed by atoms with Gasteiger partial charge in [-0.25, -0.2) is 0 Å². The minimum Gasteiger partial charge on any atom is -0.480 e. The number of carbonyl (C=O) groups is 3. The number of rotatable bonds is 6. The Morgan fingerprint density at radius 2 is 1.75 bits per heavy atom. The number of aliphatic carboxylic acids is 1. The van der Waals surface area contributed by atoms with E-state index >= 15 is 0 Å². The molecular formula is C9H15NO6. The second-order valence-corrected chi connectivity index (χ2v) is 3.14. The molecule has 0 aromatic carbocycles. The number of carboxylic acid groups (broad SMARTS) is 1. The van der Waals surface area contributed by atoms with Crippen molar-refractivity contribution in [3.63, 3.8) is 0 Å². The maximum atomic E-state index is 11.1. The summed E-state index contributed by atoms with van der Waals surface area (Å²) in [5.41, 5.74) is 5.22. The molecule has 92 valence electrons. The minimum absolute atomic E-state index is 0.107. The Labute approximate surface area is 92.5 Å². The second kappa shape index (κ2) is 6.78. The van der Waals surface area contributed by atoms with E-state index in [1.807, 2.05) is 0 Å². The average molecular weight is 233 g/mol. The second-order valence-electron chi connectivity index (χ2n) is 3.14. The van der Waals surface area contributed by atoms with Crippen molar-refractivity contribution in [2.75, 3.05) is 7.11 Å². The van der Waals surface area contributed by atoms with Gasteiger partial charge in [-0.2, -0.15) is 0 Å². The summed E-state index contributed by atoms with van der Waals surface area (Å²) in [7, 11) is 1.20. The van der Waals surface area contributed by atoms with E-state index in [1.165, 1.54) is 14.0 Å². The molecule has 0 aliphatic carbocycles. The van der Waals surface area contributed by atoms with Crippen LogP contribution in [0, 0.1) is 0 Å². The lowest BCUT2D eigenvalue weighted by atomic mass is 10.2. The third-order valence-corrected chi connectivity index (χ3v) is 1.87. The highest BCUT2D eigenvalue weighted by atomic mass is 16.5. The predicted octanol–water partition coefficient (Wildman–Crippen LogP) is -0.717. The lowest BCUT2D eigenvalue weighted by molar-refractivity contribution is -0.156. The van der Waals surface area contributed by atoms with Gasteiger partial charge in [0.25, 0.3) is 0 Å². The molecule has 16 heavy (non-hydrogen) atoms. The molecule has 7 nitrogen and oxygen atoms in total. The molecule has 0 amide bonds. The van der Waals surface area contributed by atoms with Gasteiger partial charge >= 0.3 is 17.9 Å². The van der Waals surface area contributed by atoms with Crippen LogP contribution < -0.4 is 5.73 Å². The van der Waals surface area contributed by atoms with Crippen molar-refractivity contribution in [1.29, 1.82) is 0 Å². The molecule has 0 fully saturated rings. The van der Waals surface area contributed by atoms with Crippen LogP contribution in [0.25, 0.3) is 0 Å². The lowest BCUT2D eigenvalue weighted by Crippen LogP contribution is -2.42. The lowest BCUT2D eigenvalue weighted by Gasteiger charge is -2.16. The molecule has 0 radical (unpaired) electrons. The largest absolute Gasteiger partial charge is 0.480 e. The van der Waals surface area contributed by atoms with Gasteiger partial charge in [-0.05, 0) is 6.92 Å². The van der Waals surface area contributed by atoms with Crippen molar-refractivity contribution in [2.45, 2.75) is 31.9 Å². The number of carbonyl (C=O) groups excluding carboxylic acids is 2. The number of methoxy groups -OCH3 is 1. The topological polar surface area (TPSA) is 116 Å². The van der Waals surface area contributed by atoms with Crippen LogP contribution in [0.1, 0.15) is 19.8 Å². The maximum absolute atomic E-state index is 11.1. The van der Waals surface area contributed by atoms with Gasteiger partial charge in [0.15, 0.2) is 0 Å². The van der Waals surface area contributed by atoms with Crippen molar-refractivity contribution < 1.29 is 29.0 Å². The molecule has 0 aromatic rings. The fraction of sp³-hybridized carbons (Fsp3) is 0.667. The van der Waals surface area contributed by atoms with E-state index in [-0.39, 0.29) is 12.8 Å². The zero-order valence-corrected chi connectivity index (χ0v) is 9.13. The van der Waals surface area contributed by atoms with Gasteiger partial charge in [0.05, 0.1) is 20.0 Å². The molecule has 0 unspecified atom stereocenters. The maximum Gasteiger partial charge on any atom is 0.324 e. The summed E-state index contributed by atoms with van der Waals surface area (Å²) in [6.07, 6.45) is -1.21. The van der Waals surface area contributed by atoms with Gasteiger partial charge in [-0.1, -0.05) is 0 Å². The number of nitrogens with two attached hydrogens (primary N) is 1. The van der Waals surface area contributed by atoms with E-state index < -0.39 is 30.1 Å². The van der Waals surface area contributed by atoms with Crippen molar-refractivity contribution in [3.8, 4) is 0 Å². The Morgan fingerprint density at radius 3 is 2.19 bits per heavy atom. The molecular weight excluding hydrogens is 218 g/mol. The zero-order chi connectivity index (χ0) is 12.7. The molecule has 0 heterocycles. The third-order valence-electron chi connectivity index (χ3n) is 1.87. The molecule has 0 spiro atoms. The fourth-order valence-corrected chi connectivity index (χ4v) is 0.847. The quantitative estimate of drug-likeness (QED) is 0.581. The Hall–Kier alpha value is -1.63. The summed E-state index contributed by atoms with van der Waals surface area (Å²) in [5, 5.41) is 8.53. The minimum atomic E-state index is -1.28. The van der Waals surface area contributed by atoms with Crippen molar-refractivity contribution in [1.82, 2.24) is 0 Å². The van der Waals surface area contributed by atoms with Crippen LogP contribution in [0.15, 0.2) is 0 Å². The summed E-state index contributed by atoms with van der Waals surface area (Å²) < 4.78 is 9.04. The highest BCUT2D eigenvalue weighted by Crippen LogP contribution is 2.02. The molecule has 0 aliphatic heterocycles. The Kier molecular flexibility index (Phi) is 6.09. The van der Waals surface area contributed by atoms with Crippen LogP contribution in [0.5, 0.6) is 0 Å². The highest BCUT2D eigenvalue weighted by molar-refractivity contribution is 5.78. The van der Waals surface area contributed by atoms with E-state index in [2.05, 4.69) is 4.74 Å². The standard InChI is InChI=1S/C9H15NO6/c1-5(8(10)9(13)14)16-7(12)4-3-6(11)15-2/h5,8H,3-4,10H2,1-2H3,(H,13,14)/t5-,8+/m1/s1. The van der Waals surface area contributed by atoms with Gasteiger partial charge in [0.1, 0.15) is 12.1 Å². The first kappa shape index (κ1) is 14.4. The molecule has 0 bridgehead atoms. The number of esters is 2. The molecule has 0 aromatic heterocycles. The number of carboxylic acids is 1. The molecule has 2 atom stereocenters. The van der Waals surface area contributed by atoms with Crippen molar-refractivity contribution >= 4 is 17.9 Å². The summed E-state index contributed by atoms with van der Waals surface area (Å²) in [6.45, 7) is 1.37. The van der Waals surface area contributed by atoms with E-state index in [4.69, 9.17) is 15.6 Å². The fourth-order valence-electron chi connectivity index (χ4n) is 0.847. The third kappa shape index (κ3) is 5.30.